The molecule has 212 valence electrons. The SMILES string of the molecule is COc1cc(-c2oc(C)nc2-c2cc(-c3cccc(S(C)(=O)=O)c3)ccc2-n2cc(C)nc2C)ccc1OC(F)F. The number of alkyl halides is 2. The highest BCUT2D eigenvalue weighted by atomic mass is 32.2. The van der Waals surface area contributed by atoms with E-state index in [0.29, 0.717) is 34.0 Å². The smallest absolute Gasteiger partial charge is 0.387 e. The Balaban J connectivity index is 1.73. The molecule has 2 heterocycles. The molecular weight excluding hydrogens is 552 g/mol. The monoisotopic (exact) mass is 579 g/mol. The van der Waals surface area contributed by atoms with E-state index in [1.807, 2.05) is 48.9 Å². The van der Waals surface area contributed by atoms with E-state index in [0.717, 1.165) is 22.8 Å². The Morgan fingerprint density at radius 3 is 2.29 bits per heavy atom. The Hall–Kier alpha value is -4.51. The Labute approximate surface area is 236 Å². The van der Waals surface area contributed by atoms with E-state index in [1.54, 1.807) is 37.3 Å². The molecule has 0 aliphatic rings. The van der Waals surface area contributed by atoms with Gasteiger partial charge in [0, 0.05) is 30.5 Å². The van der Waals surface area contributed by atoms with Crippen molar-refractivity contribution in [2.75, 3.05) is 13.4 Å². The van der Waals surface area contributed by atoms with Gasteiger partial charge in [0.2, 0.25) is 0 Å². The highest BCUT2D eigenvalue weighted by Gasteiger charge is 2.23. The van der Waals surface area contributed by atoms with Gasteiger partial charge in [-0.15, -0.1) is 0 Å². The van der Waals surface area contributed by atoms with Gasteiger partial charge in [-0.05, 0) is 67.4 Å². The number of rotatable bonds is 8. The van der Waals surface area contributed by atoms with Crippen molar-refractivity contribution in [3.63, 3.8) is 0 Å². The zero-order chi connectivity index (χ0) is 29.5. The van der Waals surface area contributed by atoms with Crippen molar-refractivity contribution >= 4 is 9.84 Å². The number of hydrogen-bond acceptors (Lipinski definition) is 7. The van der Waals surface area contributed by atoms with Gasteiger partial charge >= 0.3 is 6.61 Å². The van der Waals surface area contributed by atoms with Crippen LogP contribution in [0.3, 0.4) is 0 Å². The zero-order valence-corrected chi connectivity index (χ0v) is 23.8. The van der Waals surface area contributed by atoms with Crippen LogP contribution in [0.4, 0.5) is 8.78 Å². The predicted octanol–water partition coefficient (Wildman–Crippen LogP) is 6.80. The van der Waals surface area contributed by atoms with Crippen molar-refractivity contribution in [3.05, 3.63) is 84.3 Å². The van der Waals surface area contributed by atoms with Gasteiger partial charge in [0.25, 0.3) is 0 Å². The lowest BCUT2D eigenvalue weighted by Crippen LogP contribution is -2.03. The molecule has 3 aromatic carbocycles. The molecule has 0 aliphatic heterocycles. The first-order valence-corrected chi connectivity index (χ1v) is 14.4. The van der Waals surface area contributed by atoms with E-state index in [2.05, 4.69) is 9.72 Å². The fourth-order valence-corrected chi connectivity index (χ4v) is 5.36. The second-order valence-corrected chi connectivity index (χ2v) is 11.5. The van der Waals surface area contributed by atoms with Gasteiger partial charge < -0.3 is 18.5 Å². The van der Waals surface area contributed by atoms with Crippen LogP contribution in [0.15, 0.2) is 76.2 Å². The molecule has 5 aromatic rings. The summed E-state index contributed by atoms with van der Waals surface area (Å²) < 4.78 is 68.2. The number of sulfone groups is 1. The van der Waals surface area contributed by atoms with Crippen molar-refractivity contribution in [1.29, 1.82) is 0 Å². The summed E-state index contributed by atoms with van der Waals surface area (Å²) in [5.41, 5.74) is 4.78. The number of aryl methyl sites for hydroxylation is 3. The summed E-state index contributed by atoms with van der Waals surface area (Å²) in [7, 11) is -2.05. The molecule has 0 aliphatic carbocycles. The van der Waals surface area contributed by atoms with E-state index < -0.39 is 16.4 Å². The molecule has 0 spiro atoms. The average Bonchev–Trinajstić information content (AvgIpc) is 3.48. The van der Waals surface area contributed by atoms with Gasteiger partial charge in [-0.1, -0.05) is 18.2 Å². The van der Waals surface area contributed by atoms with Gasteiger partial charge in [-0.25, -0.2) is 18.4 Å². The van der Waals surface area contributed by atoms with Crippen molar-refractivity contribution in [1.82, 2.24) is 14.5 Å². The average molecular weight is 580 g/mol. The molecule has 0 N–H and O–H groups in total. The lowest BCUT2D eigenvalue weighted by molar-refractivity contribution is -0.0512. The van der Waals surface area contributed by atoms with Crippen LogP contribution >= 0.6 is 0 Å². The summed E-state index contributed by atoms with van der Waals surface area (Å²) in [6.07, 6.45) is 3.07. The third kappa shape index (κ3) is 5.71. The number of aromatic nitrogens is 3. The van der Waals surface area contributed by atoms with Crippen molar-refractivity contribution < 1.29 is 31.1 Å². The third-order valence-corrected chi connectivity index (χ3v) is 7.60. The van der Waals surface area contributed by atoms with Gasteiger partial charge in [0.1, 0.15) is 11.5 Å². The van der Waals surface area contributed by atoms with Gasteiger partial charge in [0.15, 0.2) is 33.0 Å². The molecule has 0 fully saturated rings. The summed E-state index contributed by atoms with van der Waals surface area (Å²) in [5, 5.41) is 0. The van der Waals surface area contributed by atoms with Crippen molar-refractivity contribution in [3.8, 4) is 50.9 Å². The summed E-state index contributed by atoms with van der Waals surface area (Å²) in [5.74, 6) is 1.53. The van der Waals surface area contributed by atoms with E-state index in [1.165, 1.54) is 19.4 Å². The number of imidazole rings is 1. The quantitative estimate of drug-likeness (QED) is 0.199. The van der Waals surface area contributed by atoms with Gasteiger partial charge in [-0.2, -0.15) is 8.78 Å². The lowest BCUT2D eigenvalue weighted by Gasteiger charge is -2.15. The Bertz CT molecular complexity index is 1860. The first-order valence-electron chi connectivity index (χ1n) is 12.5. The van der Waals surface area contributed by atoms with Crippen LogP contribution in [-0.2, 0) is 9.84 Å². The van der Waals surface area contributed by atoms with E-state index >= 15 is 0 Å². The minimum absolute atomic E-state index is 0.107. The second kappa shape index (κ2) is 10.8. The Morgan fingerprint density at radius 2 is 1.63 bits per heavy atom. The molecule has 5 rings (SSSR count). The van der Waals surface area contributed by atoms with Crippen LogP contribution < -0.4 is 9.47 Å². The molecule has 0 bridgehead atoms. The third-order valence-electron chi connectivity index (χ3n) is 6.49. The maximum atomic E-state index is 12.9. The topological polar surface area (TPSA) is 96.5 Å². The molecule has 0 unspecified atom stereocenters. The van der Waals surface area contributed by atoms with Crippen molar-refractivity contribution in [2.24, 2.45) is 0 Å². The molecule has 0 atom stereocenters. The van der Waals surface area contributed by atoms with Crippen LogP contribution in [0.1, 0.15) is 17.4 Å². The van der Waals surface area contributed by atoms with Crippen LogP contribution in [0, 0.1) is 20.8 Å². The highest BCUT2D eigenvalue weighted by molar-refractivity contribution is 7.90. The molecule has 0 saturated carbocycles. The summed E-state index contributed by atoms with van der Waals surface area (Å²) in [6, 6.07) is 17.0. The second-order valence-electron chi connectivity index (χ2n) is 9.49. The number of oxazole rings is 1. The first-order chi connectivity index (χ1) is 19.4. The van der Waals surface area contributed by atoms with Crippen LogP contribution in [-0.4, -0.2) is 42.9 Å². The maximum absolute atomic E-state index is 12.9. The largest absolute Gasteiger partial charge is 0.493 e. The number of halogens is 2. The minimum Gasteiger partial charge on any atom is -0.493 e. The number of nitrogens with zero attached hydrogens (tertiary/aromatic N) is 3. The highest BCUT2D eigenvalue weighted by Crippen LogP contribution is 2.41. The van der Waals surface area contributed by atoms with E-state index in [-0.39, 0.29) is 16.4 Å². The number of methoxy groups -OCH3 is 1. The van der Waals surface area contributed by atoms with Crippen LogP contribution in [0.2, 0.25) is 0 Å². The zero-order valence-electron chi connectivity index (χ0n) is 23.0. The van der Waals surface area contributed by atoms with Crippen LogP contribution in [0.25, 0.3) is 39.4 Å². The summed E-state index contributed by atoms with van der Waals surface area (Å²) in [6.45, 7) is 2.49. The molecule has 0 radical (unpaired) electrons. The molecule has 8 nitrogen and oxygen atoms in total. The van der Waals surface area contributed by atoms with Crippen molar-refractivity contribution in [2.45, 2.75) is 32.3 Å². The minimum atomic E-state index is -3.42. The maximum Gasteiger partial charge on any atom is 0.387 e. The molecular formula is C30H27F2N3O5S. The lowest BCUT2D eigenvalue weighted by atomic mass is 9.98. The number of hydrogen-bond donors (Lipinski definition) is 0. The summed E-state index contributed by atoms with van der Waals surface area (Å²) in [4.78, 5) is 9.46. The molecule has 41 heavy (non-hydrogen) atoms. The first kappa shape index (κ1) is 28.0. The molecule has 0 amide bonds. The van der Waals surface area contributed by atoms with E-state index in [9.17, 15) is 17.2 Å². The standard InChI is InChI=1S/C30H27F2N3O5S/c1-17-16-35(18(2)33-17)25-11-9-21(20-7-6-8-23(13-20)41(5,36)37)14-24(25)28-29(39-19(3)34-28)22-10-12-26(40-30(31)32)27(15-22)38-4/h6-16,30H,1-5H3. The van der Waals surface area contributed by atoms with Crippen LogP contribution in [0.5, 0.6) is 11.5 Å². The Morgan fingerprint density at radius 1 is 0.902 bits per heavy atom. The Kier molecular flexibility index (Phi) is 7.39. The summed E-state index contributed by atoms with van der Waals surface area (Å²) >= 11 is 0. The predicted molar refractivity (Wildman–Crippen MR) is 150 cm³/mol. The van der Waals surface area contributed by atoms with Gasteiger partial charge in [-0.3, -0.25) is 0 Å². The fourth-order valence-electron chi connectivity index (χ4n) is 4.69. The number of ether oxygens (including phenoxy) is 2. The fraction of sp³-hybridized carbons (Fsp3) is 0.200. The number of benzene rings is 3. The van der Waals surface area contributed by atoms with E-state index in [4.69, 9.17) is 14.1 Å². The normalized spacial score (nSPS) is 11.7. The molecule has 11 heteroatoms. The molecule has 2 aromatic heterocycles. The van der Waals surface area contributed by atoms with Gasteiger partial charge in [0.05, 0.1) is 23.4 Å². The molecule has 0 saturated heterocycles.